The van der Waals surface area contributed by atoms with E-state index in [1.165, 1.54) is 0 Å². The van der Waals surface area contributed by atoms with Crippen LogP contribution >= 0.6 is 0 Å². The minimum absolute atomic E-state index is 0.259. The SMILES string of the molecule is C=C(C)C1=CCCS1(=O)=O. The normalized spacial score (nSPS) is 22.3. The lowest BCUT2D eigenvalue weighted by Crippen LogP contribution is -2.02. The zero-order valence-corrected chi connectivity index (χ0v) is 6.74. The first-order valence-corrected chi connectivity index (χ1v) is 4.78. The van der Waals surface area contributed by atoms with Gasteiger partial charge in [-0.2, -0.15) is 0 Å². The van der Waals surface area contributed by atoms with E-state index in [4.69, 9.17) is 0 Å². The lowest BCUT2D eigenvalue weighted by atomic mass is 10.3. The summed E-state index contributed by atoms with van der Waals surface area (Å²) in [5.41, 5.74) is 0.650. The van der Waals surface area contributed by atoms with E-state index < -0.39 is 9.84 Å². The highest BCUT2D eigenvalue weighted by atomic mass is 32.2. The van der Waals surface area contributed by atoms with Crippen molar-refractivity contribution in [3.63, 3.8) is 0 Å². The van der Waals surface area contributed by atoms with Crippen molar-refractivity contribution in [3.05, 3.63) is 23.1 Å². The van der Waals surface area contributed by atoms with Crippen molar-refractivity contribution in [2.24, 2.45) is 0 Å². The molecule has 0 saturated heterocycles. The zero-order valence-electron chi connectivity index (χ0n) is 5.92. The molecule has 0 atom stereocenters. The van der Waals surface area contributed by atoms with E-state index in [1.807, 2.05) is 0 Å². The van der Waals surface area contributed by atoms with E-state index in [9.17, 15) is 8.42 Å². The second kappa shape index (κ2) is 2.23. The maximum atomic E-state index is 11.1. The molecule has 0 aromatic heterocycles. The van der Waals surface area contributed by atoms with Crippen molar-refractivity contribution in [1.82, 2.24) is 0 Å². The second-order valence-electron chi connectivity index (χ2n) is 2.46. The van der Waals surface area contributed by atoms with Gasteiger partial charge in [0.05, 0.1) is 10.7 Å². The average molecular weight is 158 g/mol. The Labute approximate surface area is 61.2 Å². The summed E-state index contributed by atoms with van der Waals surface area (Å²) in [6.45, 7) is 5.30. The molecule has 56 valence electrons. The van der Waals surface area contributed by atoms with E-state index >= 15 is 0 Å². The van der Waals surface area contributed by atoms with E-state index in [2.05, 4.69) is 6.58 Å². The molecule has 0 amide bonds. The van der Waals surface area contributed by atoms with Crippen LogP contribution in [0.2, 0.25) is 0 Å². The number of sulfone groups is 1. The van der Waals surface area contributed by atoms with Gasteiger partial charge in [0, 0.05) is 0 Å². The quantitative estimate of drug-likeness (QED) is 0.575. The van der Waals surface area contributed by atoms with Crippen molar-refractivity contribution in [2.45, 2.75) is 13.3 Å². The zero-order chi connectivity index (χ0) is 7.78. The number of allylic oxidation sites excluding steroid dienone is 2. The third kappa shape index (κ3) is 1.14. The summed E-state index contributed by atoms with van der Waals surface area (Å²) in [6, 6.07) is 0. The van der Waals surface area contributed by atoms with Gasteiger partial charge in [-0.1, -0.05) is 12.7 Å². The van der Waals surface area contributed by atoms with Crippen LogP contribution in [0, 0.1) is 0 Å². The first-order valence-electron chi connectivity index (χ1n) is 3.13. The topological polar surface area (TPSA) is 34.1 Å². The van der Waals surface area contributed by atoms with Gasteiger partial charge in [0.1, 0.15) is 0 Å². The molecule has 0 fully saturated rings. The van der Waals surface area contributed by atoms with Crippen molar-refractivity contribution in [2.75, 3.05) is 5.75 Å². The molecule has 1 rings (SSSR count). The van der Waals surface area contributed by atoms with Crippen LogP contribution in [0.3, 0.4) is 0 Å². The van der Waals surface area contributed by atoms with Crippen LogP contribution in [0.1, 0.15) is 13.3 Å². The van der Waals surface area contributed by atoms with Crippen LogP contribution in [-0.4, -0.2) is 14.2 Å². The molecule has 0 spiro atoms. The van der Waals surface area contributed by atoms with Crippen LogP contribution in [0.15, 0.2) is 23.1 Å². The lowest BCUT2D eigenvalue weighted by molar-refractivity contribution is 0.604. The third-order valence-corrected chi connectivity index (χ3v) is 3.43. The van der Waals surface area contributed by atoms with Gasteiger partial charge >= 0.3 is 0 Å². The first kappa shape index (κ1) is 7.54. The molecule has 0 aliphatic carbocycles. The standard InChI is InChI=1S/C7H10O2S/c1-6(2)7-4-3-5-10(7,8)9/h4H,1,3,5H2,2H3. The Bertz CT molecular complexity index is 283. The fourth-order valence-corrected chi connectivity index (χ4v) is 2.57. The van der Waals surface area contributed by atoms with Crippen molar-refractivity contribution < 1.29 is 8.42 Å². The highest BCUT2D eigenvalue weighted by Gasteiger charge is 2.22. The summed E-state index contributed by atoms with van der Waals surface area (Å²) in [7, 11) is -2.92. The molecule has 1 heterocycles. The number of hydrogen-bond acceptors (Lipinski definition) is 2. The molecule has 2 nitrogen and oxygen atoms in total. The van der Waals surface area contributed by atoms with E-state index in [-0.39, 0.29) is 5.75 Å². The van der Waals surface area contributed by atoms with Gasteiger partial charge in [-0.3, -0.25) is 0 Å². The van der Waals surface area contributed by atoms with Gasteiger partial charge in [-0.05, 0) is 18.9 Å². The molecule has 0 radical (unpaired) electrons. The highest BCUT2D eigenvalue weighted by Crippen LogP contribution is 2.23. The molecule has 0 aromatic rings. The third-order valence-electron chi connectivity index (χ3n) is 1.47. The van der Waals surface area contributed by atoms with Crippen LogP contribution in [0.5, 0.6) is 0 Å². The van der Waals surface area contributed by atoms with Gasteiger partial charge in [0.15, 0.2) is 9.84 Å². The van der Waals surface area contributed by atoms with Crippen LogP contribution in [-0.2, 0) is 9.84 Å². The summed E-state index contributed by atoms with van der Waals surface area (Å²) in [4.78, 5) is 0.438. The van der Waals surface area contributed by atoms with Gasteiger partial charge in [0.2, 0.25) is 0 Å². The Kier molecular flexibility index (Phi) is 1.68. The molecule has 0 saturated carbocycles. The Morgan fingerprint density at radius 2 is 2.30 bits per heavy atom. The van der Waals surface area contributed by atoms with Crippen molar-refractivity contribution >= 4 is 9.84 Å². The molecule has 0 N–H and O–H groups in total. The lowest BCUT2D eigenvalue weighted by Gasteiger charge is -1.98. The molecular formula is C7H10O2S. The summed E-state index contributed by atoms with van der Waals surface area (Å²) >= 11 is 0. The minimum Gasteiger partial charge on any atom is -0.224 e. The summed E-state index contributed by atoms with van der Waals surface area (Å²) in [5.74, 6) is 0.259. The summed E-state index contributed by atoms with van der Waals surface area (Å²) in [6.07, 6.45) is 2.38. The number of rotatable bonds is 1. The molecule has 0 bridgehead atoms. The Hall–Kier alpha value is -0.570. The molecule has 1 aliphatic rings. The maximum absolute atomic E-state index is 11.1. The molecule has 0 aromatic carbocycles. The van der Waals surface area contributed by atoms with Crippen LogP contribution < -0.4 is 0 Å². The molecule has 10 heavy (non-hydrogen) atoms. The smallest absolute Gasteiger partial charge is 0.178 e. The van der Waals surface area contributed by atoms with Crippen LogP contribution in [0.4, 0.5) is 0 Å². The van der Waals surface area contributed by atoms with Gasteiger partial charge < -0.3 is 0 Å². The van der Waals surface area contributed by atoms with Crippen LogP contribution in [0.25, 0.3) is 0 Å². The Balaban J connectivity index is 3.09. The predicted molar refractivity (Wildman–Crippen MR) is 41.3 cm³/mol. The average Bonchev–Trinajstić information content (AvgIpc) is 2.08. The van der Waals surface area contributed by atoms with E-state index in [1.54, 1.807) is 13.0 Å². The number of hydrogen-bond donors (Lipinski definition) is 0. The monoisotopic (exact) mass is 158 g/mol. The molecular weight excluding hydrogens is 148 g/mol. The fourth-order valence-electron chi connectivity index (χ4n) is 1.02. The fraction of sp³-hybridized carbons (Fsp3) is 0.429. The van der Waals surface area contributed by atoms with Gasteiger partial charge in [-0.15, -0.1) is 0 Å². The van der Waals surface area contributed by atoms with Gasteiger partial charge in [-0.25, -0.2) is 8.42 Å². The predicted octanol–water partition coefficient (Wildman–Crippen LogP) is 1.26. The van der Waals surface area contributed by atoms with E-state index in [0.717, 1.165) is 0 Å². The molecule has 3 heteroatoms. The highest BCUT2D eigenvalue weighted by molar-refractivity contribution is 7.95. The molecule has 0 unspecified atom stereocenters. The largest absolute Gasteiger partial charge is 0.224 e. The Morgan fingerprint density at radius 3 is 2.50 bits per heavy atom. The van der Waals surface area contributed by atoms with Crippen molar-refractivity contribution in [1.29, 1.82) is 0 Å². The first-order chi connectivity index (χ1) is 4.54. The Morgan fingerprint density at radius 1 is 1.70 bits per heavy atom. The van der Waals surface area contributed by atoms with Crippen molar-refractivity contribution in [3.8, 4) is 0 Å². The second-order valence-corrected chi connectivity index (χ2v) is 4.53. The summed E-state index contributed by atoms with van der Waals surface area (Å²) < 4.78 is 22.1. The van der Waals surface area contributed by atoms with E-state index in [0.29, 0.717) is 16.9 Å². The minimum atomic E-state index is -2.92. The van der Waals surface area contributed by atoms with Gasteiger partial charge in [0.25, 0.3) is 0 Å². The summed E-state index contributed by atoms with van der Waals surface area (Å²) in [5, 5.41) is 0. The molecule has 1 aliphatic heterocycles. The maximum Gasteiger partial charge on any atom is 0.178 e.